The minimum atomic E-state index is -0.619. The number of hydrogen-bond donors (Lipinski definition) is 0. The van der Waals surface area contributed by atoms with Crippen LogP contribution in [0.25, 0.3) is 0 Å². The van der Waals surface area contributed by atoms with Gasteiger partial charge in [-0.1, -0.05) is 61.3 Å². The van der Waals surface area contributed by atoms with E-state index in [0.717, 1.165) is 21.9 Å². The lowest BCUT2D eigenvalue weighted by Crippen LogP contribution is -2.30. The maximum Gasteiger partial charge on any atom is 0.330 e. The standard InChI is InChI=1S/C36H34O8S/c1-3-35(37)43-31(23-39-27-11-7-5-8-12-27)25-41-29-15-19-33(20-16-29)45-34-21-17-30(18-22-34)42-26-32(44-36(38)4-2)24-40-28-13-9-6-10-14-28/h3-22,31-32H,1-2,23-26H2. The number of carbonyl (C=O) groups excluding carboxylic acids is 2. The number of ether oxygens (including phenoxy) is 6. The third-order valence-corrected chi connectivity index (χ3v) is 7.03. The van der Waals surface area contributed by atoms with E-state index in [1.165, 1.54) is 0 Å². The number of carbonyl (C=O) groups is 2. The van der Waals surface area contributed by atoms with Gasteiger partial charge in [-0.25, -0.2) is 9.59 Å². The van der Waals surface area contributed by atoms with Gasteiger partial charge >= 0.3 is 11.9 Å². The van der Waals surface area contributed by atoms with Gasteiger partial charge in [-0.2, -0.15) is 0 Å². The van der Waals surface area contributed by atoms with Crippen LogP contribution >= 0.6 is 11.8 Å². The Balaban J connectivity index is 1.25. The maximum atomic E-state index is 11.8. The van der Waals surface area contributed by atoms with Crippen molar-refractivity contribution in [3.05, 3.63) is 135 Å². The van der Waals surface area contributed by atoms with E-state index in [9.17, 15) is 9.59 Å². The molecule has 232 valence electrons. The van der Waals surface area contributed by atoms with Crippen molar-refractivity contribution in [2.24, 2.45) is 0 Å². The van der Waals surface area contributed by atoms with Crippen LogP contribution in [0.5, 0.6) is 23.0 Å². The Hall–Kier alpha value is -5.15. The molecule has 4 rings (SSSR count). The van der Waals surface area contributed by atoms with Crippen LogP contribution in [0.3, 0.4) is 0 Å². The maximum absolute atomic E-state index is 11.8. The molecule has 4 aromatic rings. The van der Waals surface area contributed by atoms with Gasteiger partial charge in [-0.15, -0.1) is 0 Å². The smallest absolute Gasteiger partial charge is 0.330 e. The summed E-state index contributed by atoms with van der Waals surface area (Å²) in [5, 5.41) is 0. The predicted molar refractivity (Wildman–Crippen MR) is 172 cm³/mol. The highest BCUT2D eigenvalue weighted by molar-refractivity contribution is 7.99. The molecule has 0 aliphatic heterocycles. The molecule has 2 unspecified atom stereocenters. The van der Waals surface area contributed by atoms with Gasteiger partial charge in [-0.3, -0.25) is 0 Å². The van der Waals surface area contributed by atoms with Gasteiger partial charge in [-0.05, 0) is 72.8 Å². The van der Waals surface area contributed by atoms with Crippen LogP contribution in [0.2, 0.25) is 0 Å². The molecule has 2 atom stereocenters. The minimum absolute atomic E-state index is 0.117. The van der Waals surface area contributed by atoms with Crippen molar-refractivity contribution in [3.8, 4) is 23.0 Å². The molecule has 0 radical (unpaired) electrons. The normalized spacial score (nSPS) is 11.7. The molecule has 45 heavy (non-hydrogen) atoms. The Morgan fingerprint density at radius 1 is 0.511 bits per heavy atom. The summed E-state index contributed by atoms with van der Waals surface area (Å²) in [7, 11) is 0. The summed E-state index contributed by atoms with van der Waals surface area (Å²) in [6.07, 6.45) is 0.984. The van der Waals surface area contributed by atoms with Gasteiger partial charge in [0.1, 0.15) is 49.4 Å². The molecular weight excluding hydrogens is 592 g/mol. The summed E-state index contributed by atoms with van der Waals surface area (Å²) in [4.78, 5) is 25.6. The van der Waals surface area contributed by atoms with Crippen molar-refractivity contribution in [1.82, 2.24) is 0 Å². The summed E-state index contributed by atoms with van der Waals surface area (Å²) >= 11 is 1.58. The summed E-state index contributed by atoms with van der Waals surface area (Å²) in [6, 6.07) is 33.7. The van der Waals surface area contributed by atoms with Crippen LogP contribution in [0, 0.1) is 0 Å². The fourth-order valence-corrected chi connectivity index (χ4v) is 4.61. The Kier molecular flexibility index (Phi) is 13.0. The molecule has 0 heterocycles. The zero-order chi connectivity index (χ0) is 31.7. The van der Waals surface area contributed by atoms with Crippen LogP contribution in [-0.4, -0.2) is 50.6 Å². The van der Waals surface area contributed by atoms with Gasteiger partial charge in [0.05, 0.1) is 0 Å². The van der Waals surface area contributed by atoms with E-state index in [2.05, 4.69) is 13.2 Å². The molecule has 8 nitrogen and oxygen atoms in total. The molecule has 0 aliphatic carbocycles. The molecule has 0 aliphatic rings. The van der Waals surface area contributed by atoms with E-state index in [4.69, 9.17) is 28.4 Å². The molecule has 0 saturated heterocycles. The Morgan fingerprint density at radius 3 is 1.13 bits per heavy atom. The van der Waals surface area contributed by atoms with Crippen molar-refractivity contribution in [3.63, 3.8) is 0 Å². The molecule has 4 aromatic carbocycles. The third kappa shape index (κ3) is 11.8. The Labute approximate surface area is 267 Å². The van der Waals surface area contributed by atoms with Crippen molar-refractivity contribution in [2.75, 3.05) is 26.4 Å². The van der Waals surface area contributed by atoms with Gasteiger partial charge in [0.25, 0.3) is 0 Å². The second kappa shape index (κ2) is 17.8. The zero-order valence-corrected chi connectivity index (χ0v) is 25.4. The second-order valence-electron chi connectivity index (χ2n) is 9.44. The fraction of sp³-hybridized carbons (Fsp3) is 0.167. The molecular formula is C36H34O8S. The van der Waals surface area contributed by atoms with E-state index in [1.807, 2.05) is 109 Å². The first-order valence-corrected chi connectivity index (χ1v) is 15.0. The quantitative estimate of drug-likeness (QED) is 0.0860. The van der Waals surface area contributed by atoms with E-state index in [-0.39, 0.29) is 26.4 Å². The molecule has 9 heteroatoms. The Bertz CT molecular complexity index is 1380. The lowest BCUT2D eigenvalue weighted by molar-refractivity contribution is -0.147. The highest BCUT2D eigenvalue weighted by atomic mass is 32.2. The van der Waals surface area contributed by atoms with Gasteiger partial charge < -0.3 is 28.4 Å². The Morgan fingerprint density at radius 2 is 0.822 bits per heavy atom. The van der Waals surface area contributed by atoms with Crippen molar-refractivity contribution in [1.29, 1.82) is 0 Å². The molecule has 0 aromatic heterocycles. The van der Waals surface area contributed by atoms with Gasteiger partial charge in [0, 0.05) is 21.9 Å². The highest BCUT2D eigenvalue weighted by Crippen LogP contribution is 2.30. The minimum Gasteiger partial charge on any atom is -0.490 e. The topological polar surface area (TPSA) is 89.5 Å². The largest absolute Gasteiger partial charge is 0.490 e. The lowest BCUT2D eigenvalue weighted by Gasteiger charge is -2.19. The average Bonchev–Trinajstić information content (AvgIpc) is 3.09. The first-order chi connectivity index (χ1) is 22.0. The second-order valence-corrected chi connectivity index (χ2v) is 10.6. The van der Waals surface area contributed by atoms with E-state index in [0.29, 0.717) is 23.0 Å². The molecule has 0 fully saturated rings. The summed E-state index contributed by atoms with van der Waals surface area (Å²) in [6.45, 7) is 7.42. The number of benzene rings is 4. The van der Waals surface area contributed by atoms with E-state index in [1.54, 1.807) is 11.8 Å². The molecule has 0 bridgehead atoms. The number of rotatable bonds is 18. The highest BCUT2D eigenvalue weighted by Gasteiger charge is 2.17. The van der Waals surface area contributed by atoms with E-state index < -0.39 is 24.1 Å². The molecule has 0 amide bonds. The molecule has 0 saturated carbocycles. The summed E-state index contributed by atoms with van der Waals surface area (Å²) in [5.74, 6) is 1.51. The van der Waals surface area contributed by atoms with Crippen molar-refractivity contribution < 1.29 is 38.0 Å². The number of esters is 2. The van der Waals surface area contributed by atoms with Gasteiger partial charge in [0.2, 0.25) is 0 Å². The number of hydrogen-bond acceptors (Lipinski definition) is 9. The molecule has 0 spiro atoms. The number of para-hydroxylation sites is 2. The van der Waals surface area contributed by atoms with Crippen LogP contribution in [0.4, 0.5) is 0 Å². The van der Waals surface area contributed by atoms with Crippen LogP contribution in [-0.2, 0) is 19.1 Å². The fourth-order valence-electron chi connectivity index (χ4n) is 3.79. The zero-order valence-electron chi connectivity index (χ0n) is 24.6. The SMILES string of the molecule is C=CC(=O)OC(COc1ccccc1)COc1ccc(Sc2ccc(OCC(COc3ccccc3)OC(=O)C=C)cc2)cc1. The average molecular weight is 627 g/mol. The van der Waals surface area contributed by atoms with Crippen molar-refractivity contribution in [2.45, 2.75) is 22.0 Å². The first kappa shape index (κ1) is 32.8. The third-order valence-electron chi connectivity index (χ3n) is 6.01. The summed E-state index contributed by atoms with van der Waals surface area (Å²) < 4.78 is 34.0. The van der Waals surface area contributed by atoms with Gasteiger partial charge in [0.15, 0.2) is 12.2 Å². The van der Waals surface area contributed by atoms with Crippen LogP contribution in [0.15, 0.2) is 144 Å². The van der Waals surface area contributed by atoms with E-state index >= 15 is 0 Å². The summed E-state index contributed by atoms with van der Waals surface area (Å²) in [5.41, 5.74) is 0. The van der Waals surface area contributed by atoms with Crippen LogP contribution in [0.1, 0.15) is 0 Å². The monoisotopic (exact) mass is 626 g/mol. The lowest BCUT2D eigenvalue weighted by atomic mass is 10.3. The van der Waals surface area contributed by atoms with Crippen molar-refractivity contribution >= 4 is 23.7 Å². The predicted octanol–water partition coefficient (Wildman–Crippen LogP) is 6.95. The van der Waals surface area contributed by atoms with Crippen LogP contribution < -0.4 is 18.9 Å². The first-order valence-electron chi connectivity index (χ1n) is 14.2. The molecule has 0 N–H and O–H groups in total.